The fourth-order valence-corrected chi connectivity index (χ4v) is 1.22. The van der Waals surface area contributed by atoms with Gasteiger partial charge in [0.15, 0.2) is 0 Å². The van der Waals surface area contributed by atoms with Gasteiger partial charge in [-0.3, -0.25) is 0 Å². The first-order valence-electron chi connectivity index (χ1n) is 5.00. The van der Waals surface area contributed by atoms with E-state index in [1.165, 1.54) is 0 Å². The van der Waals surface area contributed by atoms with Crippen molar-refractivity contribution in [2.24, 2.45) is 0 Å². The average Bonchev–Trinajstić information content (AvgIpc) is 2.25. The molecule has 1 heterocycles. The number of aromatic nitrogens is 1. The molecule has 0 aromatic carbocycles. The lowest BCUT2D eigenvalue weighted by molar-refractivity contribution is 1.03. The van der Waals surface area contributed by atoms with Gasteiger partial charge in [-0.15, -0.1) is 0 Å². The highest BCUT2D eigenvalue weighted by Crippen LogP contribution is 2.11. The number of allylic oxidation sites excluding steroid dienone is 1. The minimum Gasteiger partial charge on any atom is -0.369 e. The molecule has 0 aliphatic heterocycles. The van der Waals surface area contributed by atoms with Crippen molar-refractivity contribution >= 4 is 5.82 Å². The van der Waals surface area contributed by atoms with E-state index in [0.29, 0.717) is 11.4 Å². The summed E-state index contributed by atoms with van der Waals surface area (Å²) in [4.78, 5) is 4.28. The molecular weight excluding hydrogens is 186 g/mol. The number of aryl methyl sites for hydroxylation is 1. The van der Waals surface area contributed by atoms with Gasteiger partial charge in [-0.1, -0.05) is 12.2 Å². The van der Waals surface area contributed by atoms with E-state index in [1.807, 2.05) is 26.0 Å². The Bertz CT molecular complexity index is 388. The summed E-state index contributed by atoms with van der Waals surface area (Å²) in [5, 5.41) is 12.0. The van der Waals surface area contributed by atoms with Gasteiger partial charge in [-0.25, -0.2) is 4.98 Å². The quantitative estimate of drug-likeness (QED) is 0.601. The van der Waals surface area contributed by atoms with Crippen molar-refractivity contribution in [1.82, 2.24) is 4.98 Å². The molecule has 0 aliphatic carbocycles. The summed E-state index contributed by atoms with van der Waals surface area (Å²) in [6, 6.07) is 5.76. The lowest BCUT2D eigenvalue weighted by Gasteiger charge is -2.06. The van der Waals surface area contributed by atoms with Crippen molar-refractivity contribution in [2.45, 2.75) is 20.3 Å². The first-order chi connectivity index (χ1) is 7.27. The Balaban J connectivity index is 2.67. The zero-order valence-corrected chi connectivity index (χ0v) is 9.12. The molecule has 0 amide bonds. The van der Waals surface area contributed by atoms with E-state index >= 15 is 0 Å². The minimum absolute atomic E-state index is 0.598. The van der Waals surface area contributed by atoms with Gasteiger partial charge in [-0.2, -0.15) is 5.26 Å². The first-order valence-corrected chi connectivity index (χ1v) is 5.00. The van der Waals surface area contributed by atoms with E-state index in [9.17, 15) is 0 Å². The molecule has 3 heteroatoms. The van der Waals surface area contributed by atoms with E-state index < -0.39 is 0 Å². The average molecular weight is 201 g/mol. The molecule has 15 heavy (non-hydrogen) atoms. The number of hydrogen-bond donors (Lipinski definition) is 1. The van der Waals surface area contributed by atoms with Crippen LogP contribution in [0.1, 0.15) is 24.6 Å². The Labute approximate surface area is 90.5 Å². The van der Waals surface area contributed by atoms with E-state index in [2.05, 4.69) is 22.4 Å². The summed E-state index contributed by atoms with van der Waals surface area (Å²) in [5.41, 5.74) is 1.52. The van der Waals surface area contributed by atoms with Crippen LogP contribution in [0.15, 0.2) is 24.3 Å². The second-order valence-electron chi connectivity index (χ2n) is 3.25. The van der Waals surface area contributed by atoms with Crippen molar-refractivity contribution in [3.05, 3.63) is 35.5 Å². The molecule has 0 saturated heterocycles. The Kier molecular flexibility index (Phi) is 4.36. The third-order valence-corrected chi connectivity index (χ3v) is 1.99. The predicted molar refractivity (Wildman–Crippen MR) is 61.6 cm³/mol. The van der Waals surface area contributed by atoms with Gasteiger partial charge >= 0.3 is 0 Å². The highest BCUT2D eigenvalue weighted by atomic mass is 15.0. The second kappa shape index (κ2) is 5.82. The van der Waals surface area contributed by atoms with Crippen LogP contribution in [-0.2, 0) is 0 Å². The Hall–Kier alpha value is -1.82. The molecule has 1 aromatic heterocycles. The van der Waals surface area contributed by atoms with Crippen LogP contribution in [0.3, 0.4) is 0 Å². The van der Waals surface area contributed by atoms with E-state index in [1.54, 1.807) is 6.07 Å². The molecule has 0 saturated carbocycles. The highest BCUT2D eigenvalue weighted by Gasteiger charge is 2.01. The van der Waals surface area contributed by atoms with Crippen LogP contribution in [0.25, 0.3) is 0 Å². The molecule has 1 N–H and O–H groups in total. The fraction of sp³-hybridized carbons (Fsp3) is 0.333. The number of nitrogens with one attached hydrogen (secondary N) is 1. The van der Waals surface area contributed by atoms with Crippen LogP contribution in [0.4, 0.5) is 5.82 Å². The zero-order valence-electron chi connectivity index (χ0n) is 9.12. The molecule has 0 bridgehead atoms. The Morgan fingerprint density at radius 3 is 3.00 bits per heavy atom. The zero-order chi connectivity index (χ0) is 11.1. The molecule has 1 rings (SSSR count). The lowest BCUT2D eigenvalue weighted by Crippen LogP contribution is -2.05. The monoisotopic (exact) mass is 201 g/mol. The second-order valence-corrected chi connectivity index (χ2v) is 3.25. The number of nitriles is 1. The molecule has 3 nitrogen and oxygen atoms in total. The van der Waals surface area contributed by atoms with Crippen LogP contribution >= 0.6 is 0 Å². The molecule has 0 aliphatic rings. The number of anilines is 1. The van der Waals surface area contributed by atoms with Gasteiger partial charge in [0.05, 0.1) is 5.56 Å². The van der Waals surface area contributed by atoms with Gasteiger partial charge in [0.25, 0.3) is 0 Å². The summed E-state index contributed by atoms with van der Waals surface area (Å²) in [7, 11) is 0. The molecule has 1 aromatic rings. The summed E-state index contributed by atoms with van der Waals surface area (Å²) in [6.07, 6.45) is 5.03. The standard InChI is InChI=1S/C12H15N3/c1-3-4-5-8-14-12-11(9-13)7-6-10(2)15-12/h3-4,6-7H,5,8H2,1-2H3,(H,14,15)/b4-3+. The smallest absolute Gasteiger partial charge is 0.144 e. The number of pyridine rings is 1. The van der Waals surface area contributed by atoms with Gasteiger partial charge in [0.2, 0.25) is 0 Å². The number of nitrogens with zero attached hydrogens (tertiary/aromatic N) is 2. The Morgan fingerprint density at radius 1 is 1.53 bits per heavy atom. The molecular formula is C12H15N3. The summed E-state index contributed by atoms with van der Waals surface area (Å²) in [6.45, 7) is 4.71. The maximum Gasteiger partial charge on any atom is 0.144 e. The predicted octanol–water partition coefficient (Wildman–Crippen LogP) is 2.64. The minimum atomic E-state index is 0.598. The highest BCUT2D eigenvalue weighted by molar-refractivity contribution is 5.52. The topological polar surface area (TPSA) is 48.7 Å². The van der Waals surface area contributed by atoms with Crippen molar-refractivity contribution in [3.63, 3.8) is 0 Å². The van der Waals surface area contributed by atoms with Crippen molar-refractivity contribution in [3.8, 4) is 6.07 Å². The molecule has 78 valence electrons. The van der Waals surface area contributed by atoms with Gasteiger partial charge in [0, 0.05) is 12.2 Å². The molecule has 0 spiro atoms. The summed E-state index contributed by atoms with van der Waals surface area (Å²) in [5.74, 6) is 0.682. The molecule has 0 unspecified atom stereocenters. The van der Waals surface area contributed by atoms with Crippen molar-refractivity contribution in [1.29, 1.82) is 5.26 Å². The van der Waals surface area contributed by atoms with Gasteiger partial charge in [0.1, 0.15) is 11.9 Å². The van der Waals surface area contributed by atoms with E-state index in [-0.39, 0.29) is 0 Å². The first kappa shape index (κ1) is 11.3. The van der Waals surface area contributed by atoms with Crippen LogP contribution in [0.2, 0.25) is 0 Å². The van der Waals surface area contributed by atoms with Crippen LogP contribution in [0, 0.1) is 18.3 Å². The lowest BCUT2D eigenvalue weighted by atomic mass is 10.2. The van der Waals surface area contributed by atoms with Crippen molar-refractivity contribution < 1.29 is 0 Å². The maximum absolute atomic E-state index is 8.87. The van der Waals surface area contributed by atoms with E-state index in [4.69, 9.17) is 5.26 Å². The largest absolute Gasteiger partial charge is 0.369 e. The summed E-state index contributed by atoms with van der Waals surface area (Å²) < 4.78 is 0. The third-order valence-electron chi connectivity index (χ3n) is 1.99. The molecule has 0 radical (unpaired) electrons. The molecule has 0 fully saturated rings. The summed E-state index contributed by atoms with van der Waals surface area (Å²) >= 11 is 0. The molecule has 0 atom stereocenters. The van der Waals surface area contributed by atoms with Crippen LogP contribution in [-0.4, -0.2) is 11.5 Å². The Morgan fingerprint density at radius 2 is 2.33 bits per heavy atom. The normalized spacial score (nSPS) is 10.2. The maximum atomic E-state index is 8.87. The fourth-order valence-electron chi connectivity index (χ4n) is 1.22. The van der Waals surface area contributed by atoms with Gasteiger partial charge in [-0.05, 0) is 32.4 Å². The van der Waals surface area contributed by atoms with E-state index in [0.717, 1.165) is 18.7 Å². The number of rotatable bonds is 4. The third kappa shape index (κ3) is 3.43. The van der Waals surface area contributed by atoms with Crippen molar-refractivity contribution in [2.75, 3.05) is 11.9 Å². The van der Waals surface area contributed by atoms with Crippen LogP contribution < -0.4 is 5.32 Å². The van der Waals surface area contributed by atoms with Crippen LogP contribution in [0.5, 0.6) is 0 Å². The number of hydrogen-bond acceptors (Lipinski definition) is 3. The SMILES string of the molecule is C/C=C/CCNc1nc(C)ccc1C#N. The van der Waals surface area contributed by atoms with Gasteiger partial charge < -0.3 is 5.32 Å².